The number of hydrogen-bond donors (Lipinski definition) is 0. The number of aryl methyl sites for hydroxylation is 1. The van der Waals surface area contributed by atoms with Crippen molar-refractivity contribution in [2.24, 2.45) is 0 Å². The van der Waals surface area contributed by atoms with Crippen molar-refractivity contribution >= 4 is 11.0 Å². The Morgan fingerprint density at radius 3 is 2.60 bits per heavy atom. The lowest BCUT2D eigenvalue weighted by Gasteiger charge is -2.11. The minimum atomic E-state index is -4.80. The highest BCUT2D eigenvalue weighted by Crippen LogP contribution is 2.28. The number of alkyl halides is 3. The number of ether oxygens (including phenoxy) is 1. The van der Waals surface area contributed by atoms with Crippen LogP contribution in [-0.2, 0) is 13.1 Å². The van der Waals surface area contributed by atoms with Crippen molar-refractivity contribution in [3.05, 3.63) is 66.3 Å². The second-order valence-corrected chi connectivity index (χ2v) is 6.47. The summed E-state index contributed by atoms with van der Waals surface area (Å²) in [7, 11) is 0. The Hall–Kier alpha value is -3.43. The summed E-state index contributed by atoms with van der Waals surface area (Å²) in [6.07, 6.45) is -1.75. The van der Waals surface area contributed by atoms with Gasteiger partial charge < -0.3 is 13.9 Å². The molecule has 2 aromatic carbocycles. The highest BCUT2D eigenvalue weighted by atomic mass is 19.4. The van der Waals surface area contributed by atoms with E-state index in [2.05, 4.69) is 14.7 Å². The average molecular weight is 422 g/mol. The van der Waals surface area contributed by atoms with Gasteiger partial charge in [0.05, 0.1) is 23.1 Å². The van der Waals surface area contributed by atoms with Crippen LogP contribution in [0.3, 0.4) is 0 Å². The van der Waals surface area contributed by atoms with Crippen molar-refractivity contribution in [3.8, 4) is 17.1 Å². The highest BCUT2D eigenvalue weighted by Gasteiger charge is 2.31. The van der Waals surface area contributed by atoms with Crippen LogP contribution in [0.4, 0.5) is 22.0 Å². The van der Waals surface area contributed by atoms with Crippen LogP contribution in [0, 0.1) is 11.6 Å². The van der Waals surface area contributed by atoms with Crippen molar-refractivity contribution in [3.63, 3.8) is 0 Å². The van der Waals surface area contributed by atoms with Gasteiger partial charge in [-0.1, -0.05) is 0 Å². The molecule has 4 rings (SSSR count). The van der Waals surface area contributed by atoms with Crippen molar-refractivity contribution in [1.29, 1.82) is 0 Å². The van der Waals surface area contributed by atoms with E-state index in [0.29, 0.717) is 23.4 Å². The Balaban J connectivity index is 1.73. The van der Waals surface area contributed by atoms with Crippen molar-refractivity contribution < 1.29 is 26.7 Å². The largest absolute Gasteiger partial charge is 0.573 e. The van der Waals surface area contributed by atoms with Crippen LogP contribution in [0.1, 0.15) is 12.7 Å². The molecule has 10 heteroatoms. The summed E-state index contributed by atoms with van der Waals surface area (Å²) in [5, 5.41) is 0. The second kappa shape index (κ2) is 7.43. The van der Waals surface area contributed by atoms with E-state index in [-0.39, 0.29) is 23.7 Å². The Morgan fingerprint density at radius 2 is 1.87 bits per heavy atom. The van der Waals surface area contributed by atoms with E-state index in [1.807, 2.05) is 11.5 Å². The van der Waals surface area contributed by atoms with Gasteiger partial charge in [0.1, 0.15) is 29.0 Å². The van der Waals surface area contributed by atoms with Crippen LogP contribution in [-0.4, -0.2) is 25.5 Å². The fraction of sp³-hybridized carbons (Fsp3) is 0.200. The maximum Gasteiger partial charge on any atom is 0.573 e. The topological polar surface area (TPSA) is 44.9 Å². The van der Waals surface area contributed by atoms with Gasteiger partial charge in [0.25, 0.3) is 0 Å². The molecule has 156 valence electrons. The molecule has 0 fully saturated rings. The third-order valence-corrected chi connectivity index (χ3v) is 4.55. The number of fused-ring (bicyclic) bond motifs is 1. The molecule has 0 aliphatic rings. The third-order valence-electron chi connectivity index (χ3n) is 4.55. The predicted molar refractivity (Wildman–Crippen MR) is 98.8 cm³/mol. The zero-order valence-electron chi connectivity index (χ0n) is 15.6. The lowest BCUT2D eigenvalue weighted by atomic mass is 10.2. The Labute approximate surface area is 167 Å². The lowest BCUT2D eigenvalue weighted by Crippen LogP contribution is -2.17. The second-order valence-electron chi connectivity index (χ2n) is 6.47. The van der Waals surface area contributed by atoms with Crippen molar-refractivity contribution in [2.45, 2.75) is 26.4 Å². The van der Waals surface area contributed by atoms with Crippen LogP contribution in [0.2, 0.25) is 0 Å². The molecular weight excluding hydrogens is 407 g/mol. The number of hydrogen-bond acceptors (Lipinski definition) is 3. The Morgan fingerprint density at radius 1 is 1.07 bits per heavy atom. The van der Waals surface area contributed by atoms with Gasteiger partial charge in [-0.05, 0) is 37.3 Å². The molecule has 5 nitrogen and oxygen atoms in total. The number of halogens is 5. The molecule has 0 N–H and O–H groups in total. The van der Waals surface area contributed by atoms with Crippen LogP contribution >= 0.6 is 0 Å². The summed E-state index contributed by atoms with van der Waals surface area (Å²) in [5.74, 6) is -0.858. The lowest BCUT2D eigenvalue weighted by molar-refractivity contribution is -0.274. The maximum absolute atomic E-state index is 14.2. The van der Waals surface area contributed by atoms with Crippen molar-refractivity contribution in [1.82, 2.24) is 19.1 Å². The third kappa shape index (κ3) is 3.85. The van der Waals surface area contributed by atoms with E-state index in [1.54, 1.807) is 10.8 Å². The Bertz CT molecular complexity index is 1210. The van der Waals surface area contributed by atoms with E-state index in [4.69, 9.17) is 0 Å². The molecule has 0 radical (unpaired) electrons. The summed E-state index contributed by atoms with van der Waals surface area (Å²) < 4.78 is 72.7. The number of imidazole rings is 2. The van der Waals surface area contributed by atoms with E-state index in [1.165, 1.54) is 24.4 Å². The van der Waals surface area contributed by atoms with Gasteiger partial charge >= 0.3 is 6.36 Å². The summed E-state index contributed by atoms with van der Waals surface area (Å²) >= 11 is 0. The summed E-state index contributed by atoms with van der Waals surface area (Å²) in [4.78, 5) is 8.55. The van der Waals surface area contributed by atoms with Gasteiger partial charge in [-0.25, -0.2) is 18.7 Å². The smallest absolute Gasteiger partial charge is 0.406 e. The average Bonchev–Trinajstić information content (AvgIpc) is 3.26. The maximum atomic E-state index is 14.2. The molecule has 2 heterocycles. The molecular formula is C20H15F5N4O. The molecule has 0 aliphatic carbocycles. The molecule has 4 aromatic rings. The Kier molecular flexibility index (Phi) is 4.92. The monoisotopic (exact) mass is 422 g/mol. The SMILES string of the molecule is CCn1c(Cn2ccnc2-c2cc(F)ccc2F)nc2cc(OC(F)(F)F)ccc21. The molecule has 30 heavy (non-hydrogen) atoms. The van der Waals surface area contributed by atoms with Gasteiger partial charge in [-0.3, -0.25) is 0 Å². The molecule has 0 bridgehead atoms. The van der Waals surface area contributed by atoms with Gasteiger partial charge in [-0.15, -0.1) is 13.2 Å². The first-order valence-corrected chi connectivity index (χ1v) is 8.96. The quantitative estimate of drug-likeness (QED) is 0.418. The van der Waals surface area contributed by atoms with Crippen molar-refractivity contribution in [2.75, 3.05) is 0 Å². The molecule has 0 saturated carbocycles. The summed E-state index contributed by atoms with van der Waals surface area (Å²) in [6, 6.07) is 7.02. The zero-order chi connectivity index (χ0) is 21.5. The molecule has 0 unspecified atom stereocenters. The summed E-state index contributed by atoms with van der Waals surface area (Å²) in [5.41, 5.74) is 0.952. The fourth-order valence-corrected chi connectivity index (χ4v) is 3.33. The van der Waals surface area contributed by atoms with Crippen LogP contribution in [0.25, 0.3) is 22.4 Å². The van der Waals surface area contributed by atoms with Crippen LogP contribution in [0.5, 0.6) is 5.75 Å². The molecule has 2 aromatic heterocycles. The minimum absolute atomic E-state index is 0.0000213. The van der Waals surface area contributed by atoms with Gasteiger partial charge in [0, 0.05) is 25.0 Å². The van der Waals surface area contributed by atoms with E-state index in [9.17, 15) is 22.0 Å². The zero-order valence-corrected chi connectivity index (χ0v) is 15.6. The number of aromatic nitrogens is 4. The number of rotatable bonds is 5. The molecule has 0 atom stereocenters. The normalized spacial score (nSPS) is 11.9. The van der Waals surface area contributed by atoms with E-state index >= 15 is 0 Å². The molecule has 0 saturated heterocycles. The van der Waals surface area contributed by atoms with Crippen LogP contribution in [0.15, 0.2) is 48.8 Å². The summed E-state index contributed by atoms with van der Waals surface area (Å²) in [6.45, 7) is 2.53. The highest BCUT2D eigenvalue weighted by molar-refractivity contribution is 5.78. The molecule has 0 spiro atoms. The number of nitrogens with zero attached hydrogens (tertiary/aromatic N) is 4. The van der Waals surface area contributed by atoms with Gasteiger partial charge in [0.2, 0.25) is 0 Å². The number of benzene rings is 2. The van der Waals surface area contributed by atoms with E-state index < -0.39 is 18.0 Å². The molecule has 0 aliphatic heterocycles. The van der Waals surface area contributed by atoms with Gasteiger partial charge in [-0.2, -0.15) is 0 Å². The first kappa shape index (κ1) is 19.9. The minimum Gasteiger partial charge on any atom is -0.406 e. The molecule has 0 amide bonds. The van der Waals surface area contributed by atoms with Crippen LogP contribution < -0.4 is 4.74 Å². The van der Waals surface area contributed by atoms with E-state index in [0.717, 1.165) is 18.2 Å². The standard InChI is InChI=1S/C20H15F5N4O/c1-2-29-17-6-4-13(30-20(23,24)25)10-16(17)27-18(29)11-28-8-7-26-19(28)14-9-12(21)3-5-15(14)22/h3-10H,2,11H2,1H3. The predicted octanol–water partition coefficient (Wildman–Crippen LogP) is 5.14. The van der Waals surface area contributed by atoms with Gasteiger partial charge in [0.15, 0.2) is 0 Å². The first-order valence-electron chi connectivity index (χ1n) is 8.96. The first-order chi connectivity index (χ1) is 14.2. The fourth-order valence-electron chi connectivity index (χ4n) is 3.33.